The Morgan fingerprint density at radius 2 is 2.29 bits per heavy atom. The molecule has 0 fully saturated rings. The predicted octanol–water partition coefficient (Wildman–Crippen LogP) is 2.39. The molecule has 5 nitrogen and oxygen atoms in total. The van der Waals surface area contributed by atoms with Gasteiger partial charge in [0.1, 0.15) is 0 Å². The summed E-state index contributed by atoms with van der Waals surface area (Å²) >= 11 is 0. The first-order valence-electron chi connectivity index (χ1n) is 7.32. The van der Waals surface area contributed by atoms with Crippen molar-refractivity contribution in [2.24, 2.45) is 5.73 Å². The summed E-state index contributed by atoms with van der Waals surface area (Å²) in [6, 6.07) is 9.20. The molecule has 2 aromatic rings. The third-order valence-corrected chi connectivity index (χ3v) is 3.30. The van der Waals surface area contributed by atoms with Gasteiger partial charge in [0.05, 0.1) is 12.6 Å². The number of amides is 1. The Bertz CT molecular complexity index is 565. The van der Waals surface area contributed by atoms with Crippen molar-refractivity contribution in [3.8, 4) is 0 Å². The highest BCUT2D eigenvalue weighted by Crippen LogP contribution is 2.12. The minimum atomic E-state index is -0.445. The lowest BCUT2D eigenvalue weighted by Crippen LogP contribution is -2.35. The summed E-state index contributed by atoms with van der Waals surface area (Å²) < 4.78 is 1.84. The maximum atomic E-state index is 12.0. The van der Waals surface area contributed by atoms with Gasteiger partial charge in [-0.25, -0.2) is 0 Å². The van der Waals surface area contributed by atoms with Gasteiger partial charge >= 0.3 is 0 Å². The van der Waals surface area contributed by atoms with Crippen LogP contribution in [-0.2, 0) is 11.3 Å². The van der Waals surface area contributed by atoms with E-state index in [0.29, 0.717) is 6.54 Å². The van der Waals surface area contributed by atoms with Gasteiger partial charge < -0.3 is 11.1 Å². The van der Waals surface area contributed by atoms with Crippen LogP contribution in [0.3, 0.4) is 0 Å². The number of unbranched alkanes of at least 4 members (excludes halogenated alkanes) is 1. The lowest BCUT2D eigenvalue weighted by molar-refractivity contribution is -0.117. The second-order valence-corrected chi connectivity index (χ2v) is 5.14. The van der Waals surface area contributed by atoms with Crippen LogP contribution in [0.15, 0.2) is 42.7 Å². The van der Waals surface area contributed by atoms with Crippen molar-refractivity contribution in [3.63, 3.8) is 0 Å². The molecule has 0 aliphatic carbocycles. The molecule has 1 aromatic carbocycles. The topological polar surface area (TPSA) is 72.9 Å². The van der Waals surface area contributed by atoms with Crippen LogP contribution in [-0.4, -0.2) is 21.7 Å². The molecule has 1 aromatic heterocycles. The van der Waals surface area contributed by atoms with Crippen molar-refractivity contribution in [1.29, 1.82) is 0 Å². The third kappa shape index (κ3) is 4.72. The van der Waals surface area contributed by atoms with Gasteiger partial charge in [-0.15, -0.1) is 0 Å². The first-order chi connectivity index (χ1) is 10.2. The second kappa shape index (κ2) is 7.59. The molecule has 3 N–H and O–H groups in total. The maximum absolute atomic E-state index is 12.0. The van der Waals surface area contributed by atoms with Gasteiger partial charge in [-0.05, 0) is 30.2 Å². The van der Waals surface area contributed by atoms with E-state index in [1.54, 1.807) is 6.20 Å². The SMILES string of the molecule is CCCCC(N)C(=O)Nc1cccc(Cn2cccn2)c1. The molecular weight excluding hydrogens is 264 g/mol. The van der Waals surface area contributed by atoms with E-state index < -0.39 is 6.04 Å². The van der Waals surface area contributed by atoms with Gasteiger partial charge in [0, 0.05) is 18.1 Å². The number of nitrogens with two attached hydrogens (primary N) is 1. The molecule has 2 rings (SSSR count). The maximum Gasteiger partial charge on any atom is 0.241 e. The van der Waals surface area contributed by atoms with Crippen LogP contribution in [0.5, 0.6) is 0 Å². The molecule has 0 aliphatic heterocycles. The van der Waals surface area contributed by atoms with Crippen LogP contribution >= 0.6 is 0 Å². The lowest BCUT2D eigenvalue weighted by Gasteiger charge is -2.12. The molecule has 1 amide bonds. The number of hydrogen-bond acceptors (Lipinski definition) is 3. The first kappa shape index (κ1) is 15.3. The number of carbonyl (C=O) groups excluding carboxylic acids is 1. The van der Waals surface area contributed by atoms with E-state index in [9.17, 15) is 4.79 Å². The Morgan fingerprint density at radius 1 is 1.43 bits per heavy atom. The van der Waals surface area contributed by atoms with Crippen molar-refractivity contribution in [3.05, 3.63) is 48.3 Å². The first-order valence-corrected chi connectivity index (χ1v) is 7.32. The highest BCUT2D eigenvalue weighted by Gasteiger charge is 2.12. The van der Waals surface area contributed by atoms with Crippen molar-refractivity contribution in [2.75, 3.05) is 5.32 Å². The number of rotatable bonds is 7. The Balaban J connectivity index is 1.96. The average molecular weight is 286 g/mol. The summed E-state index contributed by atoms with van der Waals surface area (Å²) in [5.74, 6) is -0.125. The normalized spacial score (nSPS) is 12.1. The smallest absolute Gasteiger partial charge is 0.241 e. The molecule has 0 bridgehead atoms. The number of benzene rings is 1. The van der Waals surface area contributed by atoms with Crippen molar-refractivity contribution < 1.29 is 4.79 Å². The number of nitrogens with zero attached hydrogens (tertiary/aromatic N) is 2. The van der Waals surface area contributed by atoms with Crippen LogP contribution in [0.25, 0.3) is 0 Å². The zero-order valence-electron chi connectivity index (χ0n) is 12.3. The molecule has 1 unspecified atom stereocenters. The molecule has 0 saturated carbocycles. The molecule has 1 atom stereocenters. The van der Waals surface area contributed by atoms with E-state index in [4.69, 9.17) is 5.73 Å². The summed E-state index contributed by atoms with van der Waals surface area (Å²) in [6.07, 6.45) is 6.38. The highest BCUT2D eigenvalue weighted by molar-refractivity contribution is 5.94. The minimum absolute atomic E-state index is 0.125. The van der Waals surface area contributed by atoms with Gasteiger partial charge in [-0.1, -0.05) is 31.9 Å². The van der Waals surface area contributed by atoms with Crippen molar-refractivity contribution >= 4 is 11.6 Å². The van der Waals surface area contributed by atoms with Crippen LogP contribution < -0.4 is 11.1 Å². The molecule has 0 spiro atoms. The van der Waals surface area contributed by atoms with E-state index >= 15 is 0 Å². The minimum Gasteiger partial charge on any atom is -0.325 e. The molecular formula is C16H22N4O. The van der Waals surface area contributed by atoms with Crippen LogP contribution in [0.2, 0.25) is 0 Å². The Hall–Kier alpha value is -2.14. The fraction of sp³-hybridized carbons (Fsp3) is 0.375. The Morgan fingerprint density at radius 3 is 3.00 bits per heavy atom. The molecule has 21 heavy (non-hydrogen) atoms. The van der Waals surface area contributed by atoms with Crippen molar-refractivity contribution in [1.82, 2.24) is 9.78 Å². The number of nitrogens with one attached hydrogen (secondary N) is 1. The summed E-state index contributed by atoms with van der Waals surface area (Å²) in [7, 11) is 0. The van der Waals surface area contributed by atoms with Gasteiger partial charge in [-0.2, -0.15) is 5.10 Å². The van der Waals surface area contributed by atoms with E-state index in [1.165, 1.54) is 0 Å². The molecule has 0 aliphatic rings. The number of carbonyl (C=O) groups is 1. The van der Waals surface area contributed by atoms with E-state index in [-0.39, 0.29) is 5.91 Å². The molecule has 112 valence electrons. The predicted molar refractivity (Wildman–Crippen MR) is 83.9 cm³/mol. The second-order valence-electron chi connectivity index (χ2n) is 5.14. The van der Waals surface area contributed by atoms with Gasteiger partial charge in [0.15, 0.2) is 0 Å². The van der Waals surface area contributed by atoms with Gasteiger partial charge in [0.2, 0.25) is 5.91 Å². The quantitative estimate of drug-likeness (QED) is 0.820. The van der Waals surface area contributed by atoms with Crippen molar-refractivity contribution in [2.45, 2.75) is 38.8 Å². The Kier molecular flexibility index (Phi) is 5.51. The van der Waals surface area contributed by atoms with E-state index in [1.807, 2.05) is 41.2 Å². The van der Waals surface area contributed by atoms with Gasteiger partial charge in [0.25, 0.3) is 0 Å². The third-order valence-electron chi connectivity index (χ3n) is 3.30. The molecule has 0 radical (unpaired) electrons. The fourth-order valence-electron chi connectivity index (χ4n) is 2.12. The fourth-order valence-corrected chi connectivity index (χ4v) is 2.12. The number of hydrogen-bond donors (Lipinski definition) is 2. The number of anilines is 1. The summed E-state index contributed by atoms with van der Waals surface area (Å²) in [6.45, 7) is 2.77. The zero-order chi connectivity index (χ0) is 15.1. The summed E-state index contributed by atoms with van der Waals surface area (Å²) in [5, 5.41) is 7.05. The van der Waals surface area contributed by atoms with Crippen LogP contribution in [0.4, 0.5) is 5.69 Å². The van der Waals surface area contributed by atoms with Gasteiger partial charge in [-0.3, -0.25) is 9.48 Å². The molecule has 5 heteroatoms. The standard InChI is InChI=1S/C16H22N4O/c1-2-3-8-15(17)16(21)19-14-7-4-6-13(11-14)12-20-10-5-9-18-20/h4-7,9-11,15H,2-3,8,12,17H2,1H3,(H,19,21). The number of aromatic nitrogens is 2. The monoisotopic (exact) mass is 286 g/mol. The largest absolute Gasteiger partial charge is 0.325 e. The van der Waals surface area contributed by atoms with Crippen LogP contribution in [0.1, 0.15) is 31.7 Å². The molecule has 0 saturated heterocycles. The lowest BCUT2D eigenvalue weighted by atomic mass is 10.1. The Labute approximate surface area is 125 Å². The summed E-state index contributed by atoms with van der Waals surface area (Å²) in [4.78, 5) is 12.0. The van der Waals surface area contributed by atoms with Crippen LogP contribution in [0, 0.1) is 0 Å². The molecule has 1 heterocycles. The summed E-state index contributed by atoms with van der Waals surface area (Å²) in [5.41, 5.74) is 7.73. The average Bonchev–Trinajstić information content (AvgIpc) is 2.98. The zero-order valence-corrected chi connectivity index (χ0v) is 12.3. The van der Waals surface area contributed by atoms with E-state index in [0.717, 1.165) is 30.5 Å². The highest BCUT2D eigenvalue weighted by atomic mass is 16.2. The van der Waals surface area contributed by atoms with E-state index in [2.05, 4.69) is 17.3 Å².